The molecule has 1 fully saturated rings. The van der Waals surface area contributed by atoms with Gasteiger partial charge in [-0.3, -0.25) is 18.6 Å². The normalized spacial score (nSPS) is 26.4. The number of ether oxygens (including phenoxy) is 3. The number of phenolic OH excluding ortho intramolecular Hbond substituents is 2. The van der Waals surface area contributed by atoms with Gasteiger partial charge in [-0.15, -0.1) is 0 Å². The zero-order chi connectivity index (χ0) is 35.6. The molecule has 49 heavy (non-hydrogen) atoms. The number of ketones is 3. The van der Waals surface area contributed by atoms with E-state index in [1.807, 2.05) is 0 Å². The van der Waals surface area contributed by atoms with E-state index in [0.717, 1.165) is 5.56 Å². The second-order valence-electron chi connectivity index (χ2n) is 12.5. The third kappa shape index (κ3) is 5.90. The summed E-state index contributed by atoms with van der Waals surface area (Å²) in [6.07, 6.45) is -5.86. The van der Waals surface area contributed by atoms with Crippen LogP contribution in [0.3, 0.4) is 0 Å². The molecule has 6 atom stereocenters. The number of hydrogen-bond donors (Lipinski definition) is 5. The number of methoxy groups -OCH3 is 1. The standard InChI is InChI=1S/C34H35NO13S/c1-15-7-9-17(10-8-15)49(43,44)46-14-23(36)34(42)12-19-26(22(13-34)48-24-11-20(35)29(37)16(2)47-24)33(41)28-27(31(19)39)30(38)18-5-4-6-21(45-3)25(18)32(28)40/h4-10,16,20,22,24,29,37,39,41-42H,11-14,35H2,1-3H3/t16?,20?,22-,24?,29?,34-/m0/s1. The second kappa shape index (κ2) is 12.6. The lowest BCUT2D eigenvalue weighted by atomic mass is 9.72. The molecule has 4 unspecified atom stereocenters. The lowest BCUT2D eigenvalue weighted by Crippen LogP contribution is -2.53. The summed E-state index contributed by atoms with van der Waals surface area (Å²) in [5.74, 6) is -4.22. The Bertz CT molecular complexity index is 1960. The minimum atomic E-state index is -4.43. The third-order valence-corrected chi connectivity index (χ3v) is 10.6. The van der Waals surface area contributed by atoms with Crippen LogP contribution in [0, 0.1) is 6.92 Å². The number of aryl methyl sites for hydroxylation is 1. The lowest BCUT2D eigenvalue weighted by molar-refractivity contribution is -0.247. The van der Waals surface area contributed by atoms with Crippen molar-refractivity contribution in [3.63, 3.8) is 0 Å². The second-order valence-corrected chi connectivity index (χ2v) is 14.1. The minimum Gasteiger partial charge on any atom is -0.507 e. The number of rotatable bonds is 8. The first-order valence-electron chi connectivity index (χ1n) is 15.4. The fourth-order valence-electron chi connectivity index (χ4n) is 6.64. The Morgan fingerprint density at radius 1 is 1.04 bits per heavy atom. The van der Waals surface area contributed by atoms with Crippen molar-refractivity contribution in [2.24, 2.45) is 5.73 Å². The number of carbonyl (C=O) groups excluding carboxylic acids is 3. The van der Waals surface area contributed by atoms with Gasteiger partial charge in [0.2, 0.25) is 5.78 Å². The third-order valence-electron chi connectivity index (χ3n) is 9.32. The van der Waals surface area contributed by atoms with Crippen molar-refractivity contribution in [2.45, 2.75) is 74.3 Å². The zero-order valence-corrected chi connectivity index (χ0v) is 27.5. The van der Waals surface area contributed by atoms with E-state index >= 15 is 0 Å². The van der Waals surface area contributed by atoms with Gasteiger partial charge in [0.25, 0.3) is 10.1 Å². The van der Waals surface area contributed by atoms with E-state index in [9.17, 15) is 43.2 Å². The maximum absolute atomic E-state index is 13.9. The van der Waals surface area contributed by atoms with Crippen LogP contribution in [0.15, 0.2) is 47.4 Å². The van der Waals surface area contributed by atoms with E-state index in [1.54, 1.807) is 26.0 Å². The number of hydrogen-bond acceptors (Lipinski definition) is 14. The molecule has 0 bridgehead atoms. The van der Waals surface area contributed by atoms with E-state index in [-0.39, 0.29) is 39.3 Å². The fraction of sp³-hybridized carbons (Fsp3) is 0.382. The summed E-state index contributed by atoms with van der Waals surface area (Å²) >= 11 is 0. The average molecular weight is 698 g/mol. The van der Waals surface area contributed by atoms with Gasteiger partial charge in [-0.05, 0) is 32.0 Å². The zero-order valence-electron chi connectivity index (χ0n) is 26.7. The highest BCUT2D eigenvalue weighted by Crippen LogP contribution is 2.52. The molecule has 3 aliphatic rings. The largest absolute Gasteiger partial charge is 0.507 e. The summed E-state index contributed by atoms with van der Waals surface area (Å²) < 4.78 is 47.9. The summed E-state index contributed by atoms with van der Waals surface area (Å²) in [6.45, 7) is 2.20. The van der Waals surface area contributed by atoms with Gasteiger partial charge in [-0.1, -0.05) is 29.8 Å². The van der Waals surface area contributed by atoms with E-state index in [2.05, 4.69) is 0 Å². The Morgan fingerprint density at radius 3 is 2.37 bits per heavy atom. The SMILES string of the molecule is COc1cccc2c1C(=O)c1c(O)c3c(c(O)c1C2=O)C[C@@](O)(C(=O)COS(=O)(=O)c1ccc(C)cc1)C[C@@H]3OC1CC(N)C(O)C(C)O1. The molecular formula is C34H35NO13S. The van der Waals surface area contributed by atoms with Crippen LogP contribution in [0.1, 0.15) is 74.4 Å². The van der Waals surface area contributed by atoms with Crippen molar-refractivity contribution < 1.29 is 61.6 Å². The number of nitrogens with two attached hydrogens (primary N) is 1. The summed E-state index contributed by atoms with van der Waals surface area (Å²) in [6, 6.07) is 9.17. The summed E-state index contributed by atoms with van der Waals surface area (Å²) in [4.78, 5) is 41.0. The molecule has 0 radical (unpaired) electrons. The van der Waals surface area contributed by atoms with Gasteiger partial charge in [0.1, 0.15) is 29.5 Å². The molecule has 6 rings (SSSR count). The highest BCUT2D eigenvalue weighted by Gasteiger charge is 2.50. The maximum atomic E-state index is 13.9. The first-order valence-corrected chi connectivity index (χ1v) is 16.8. The van der Waals surface area contributed by atoms with Gasteiger partial charge in [0, 0.05) is 42.0 Å². The van der Waals surface area contributed by atoms with Crippen molar-refractivity contribution in [3.05, 3.63) is 81.4 Å². The number of carbonyl (C=O) groups is 3. The van der Waals surface area contributed by atoms with Gasteiger partial charge in [-0.2, -0.15) is 8.42 Å². The van der Waals surface area contributed by atoms with Crippen LogP contribution in [-0.4, -0.2) is 90.1 Å². The van der Waals surface area contributed by atoms with Gasteiger partial charge in [0.15, 0.2) is 17.9 Å². The molecule has 6 N–H and O–H groups in total. The van der Waals surface area contributed by atoms with Crippen LogP contribution in [0.25, 0.3) is 0 Å². The Hall–Kier alpha value is -4.22. The van der Waals surface area contributed by atoms with E-state index < -0.39 is 106 Å². The molecule has 15 heteroatoms. The average Bonchev–Trinajstić information content (AvgIpc) is 3.06. The molecule has 0 spiro atoms. The summed E-state index contributed by atoms with van der Waals surface area (Å²) in [7, 11) is -3.13. The van der Waals surface area contributed by atoms with Gasteiger partial charge < -0.3 is 40.4 Å². The quantitative estimate of drug-likeness (QED) is 0.130. The number of benzene rings is 3. The summed E-state index contributed by atoms with van der Waals surface area (Å²) in [5.41, 5.74) is 2.60. The predicted octanol–water partition coefficient (Wildman–Crippen LogP) is 1.72. The number of aromatic hydroxyl groups is 2. The molecule has 260 valence electrons. The molecule has 0 amide bonds. The molecule has 0 saturated carbocycles. The Morgan fingerprint density at radius 2 is 1.71 bits per heavy atom. The maximum Gasteiger partial charge on any atom is 0.297 e. The van der Waals surface area contributed by atoms with Crippen LogP contribution in [-0.2, 0) is 35.0 Å². The van der Waals surface area contributed by atoms with Crippen LogP contribution >= 0.6 is 0 Å². The first-order chi connectivity index (χ1) is 23.1. The molecule has 0 aromatic heterocycles. The number of aliphatic hydroxyl groups is 2. The molecule has 1 saturated heterocycles. The molecule has 1 heterocycles. The molecule has 1 aliphatic heterocycles. The molecule has 3 aromatic rings. The van der Waals surface area contributed by atoms with Crippen LogP contribution in [0.2, 0.25) is 0 Å². The van der Waals surface area contributed by atoms with Crippen molar-refractivity contribution in [3.8, 4) is 17.2 Å². The van der Waals surface area contributed by atoms with Crippen molar-refractivity contribution >= 4 is 27.5 Å². The van der Waals surface area contributed by atoms with Crippen molar-refractivity contribution in [1.29, 1.82) is 0 Å². The Labute approximate surface area is 281 Å². The van der Waals surface area contributed by atoms with E-state index in [4.69, 9.17) is 24.1 Å². The topological polar surface area (TPSA) is 229 Å². The predicted molar refractivity (Wildman–Crippen MR) is 169 cm³/mol. The lowest BCUT2D eigenvalue weighted by Gasteiger charge is -2.42. The van der Waals surface area contributed by atoms with Gasteiger partial charge in [0.05, 0.1) is 47.0 Å². The molecule has 2 aliphatic carbocycles. The number of phenols is 2. The summed E-state index contributed by atoms with van der Waals surface area (Å²) in [5, 5.41) is 45.5. The number of Topliss-reactive ketones (excluding diaryl/α,β-unsaturated/α-hetero) is 1. The Kier molecular flexibility index (Phi) is 8.90. The Balaban J connectivity index is 1.42. The smallest absolute Gasteiger partial charge is 0.297 e. The molecular weight excluding hydrogens is 662 g/mol. The van der Waals surface area contributed by atoms with Gasteiger partial charge in [-0.25, -0.2) is 0 Å². The first kappa shape index (κ1) is 34.6. The van der Waals surface area contributed by atoms with Crippen LogP contribution in [0.5, 0.6) is 17.2 Å². The van der Waals surface area contributed by atoms with E-state index in [1.165, 1.54) is 37.4 Å². The van der Waals surface area contributed by atoms with Crippen LogP contribution < -0.4 is 10.5 Å². The molecule has 3 aromatic carbocycles. The van der Waals surface area contributed by atoms with E-state index in [0.29, 0.717) is 0 Å². The number of aliphatic hydroxyl groups excluding tert-OH is 1. The number of fused-ring (bicyclic) bond motifs is 3. The highest BCUT2D eigenvalue weighted by molar-refractivity contribution is 7.86. The highest BCUT2D eigenvalue weighted by atomic mass is 32.2. The fourth-order valence-corrected chi connectivity index (χ4v) is 7.51. The van der Waals surface area contributed by atoms with Gasteiger partial charge >= 0.3 is 0 Å². The molecule has 14 nitrogen and oxygen atoms in total. The van der Waals surface area contributed by atoms with Crippen molar-refractivity contribution in [1.82, 2.24) is 0 Å². The minimum absolute atomic E-state index is 0.0543. The van der Waals surface area contributed by atoms with Crippen molar-refractivity contribution in [2.75, 3.05) is 13.7 Å². The van der Waals surface area contributed by atoms with Crippen LogP contribution in [0.4, 0.5) is 0 Å². The monoisotopic (exact) mass is 697 g/mol.